The van der Waals surface area contributed by atoms with Gasteiger partial charge < -0.3 is 23.9 Å². The van der Waals surface area contributed by atoms with E-state index in [1.807, 2.05) is 13.8 Å². The first-order chi connectivity index (χ1) is 16.0. The van der Waals surface area contributed by atoms with Crippen molar-refractivity contribution in [2.75, 3.05) is 13.2 Å². The third kappa shape index (κ3) is 4.48. The minimum Gasteiger partial charge on any atom is -0.507 e. The standard InChI is InChI=1S/C26H25NO6/c1-3-31-19-12-10-17(11-13-19)23-22(24(28)18-7-5-8-20(15-18)32-4-2)25(29)26(30)27(23)16-21-9-6-14-33-21/h5-15,23,28H,3-4,16H2,1-2H3. The van der Waals surface area contributed by atoms with Gasteiger partial charge in [-0.1, -0.05) is 24.3 Å². The van der Waals surface area contributed by atoms with Crippen LogP contribution >= 0.6 is 0 Å². The lowest BCUT2D eigenvalue weighted by atomic mass is 9.95. The van der Waals surface area contributed by atoms with Gasteiger partial charge in [0.05, 0.1) is 37.6 Å². The summed E-state index contributed by atoms with van der Waals surface area (Å²) >= 11 is 0. The van der Waals surface area contributed by atoms with Crippen molar-refractivity contribution in [2.24, 2.45) is 0 Å². The van der Waals surface area contributed by atoms with Crippen LogP contribution in [-0.2, 0) is 16.1 Å². The van der Waals surface area contributed by atoms with E-state index in [0.717, 1.165) is 0 Å². The van der Waals surface area contributed by atoms with E-state index in [2.05, 4.69) is 0 Å². The fraction of sp³-hybridized carbons (Fsp3) is 0.231. The first-order valence-electron chi connectivity index (χ1n) is 10.8. The Morgan fingerprint density at radius 3 is 2.36 bits per heavy atom. The van der Waals surface area contributed by atoms with Gasteiger partial charge in [0, 0.05) is 5.56 Å². The van der Waals surface area contributed by atoms with E-state index < -0.39 is 17.7 Å². The molecule has 1 amide bonds. The summed E-state index contributed by atoms with van der Waals surface area (Å²) in [4.78, 5) is 27.6. The molecular formula is C26H25NO6. The van der Waals surface area contributed by atoms with Crippen LogP contribution in [-0.4, -0.2) is 34.9 Å². The van der Waals surface area contributed by atoms with E-state index in [4.69, 9.17) is 13.9 Å². The highest BCUT2D eigenvalue weighted by Crippen LogP contribution is 2.41. The average Bonchev–Trinajstić information content (AvgIpc) is 3.42. The SMILES string of the molecule is CCOc1ccc(C2C(=C(O)c3cccc(OCC)c3)C(=O)C(=O)N2Cc2ccco2)cc1. The van der Waals surface area contributed by atoms with Crippen LogP contribution < -0.4 is 9.47 Å². The fourth-order valence-corrected chi connectivity index (χ4v) is 3.93. The van der Waals surface area contributed by atoms with Crippen LogP contribution in [0.15, 0.2) is 76.9 Å². The van der Waals surface area contributed by atoms with Crippen molar-refractivity contribution in [3.63, 3.8) is 0 Å². The summed E-state index contributed by atoms with van der Waals surface area (Å²) in [5.41, 5.74) is 1.09. The normalized spacial score (nSPS) is 17.4. The van der Waals surface area contributed by atoms with E-state index in [1.54, 1.807) is 60.7 Å². The number of rotatable bonds is 8. The number of aliphatic hydroxyl groups is 1. The molecule has 2 aromatic carbocycles. The summed E-state index contributed by atoms with van der Waals surface area (Å²) < 4.78 is 16.5. The fourth-order valence-electron chi connectivity index (χ4n) is 3.93. The molecule has 0 spiro atoms. The van der Waals surface area contributed by atoms with Crippen LogP contribution in [0.4, 0.5) is 0 Å². The van der Waals surface area contributed by atoms with E-state index >= 15 is 0 Å². The number of carbonyl (C=O) groups excluding carboxylic acids is 2. The number of ether oxygens (including phenoxy) is 2. The number of hydrogen-bond donors (Lipinski definition) is 1. The number of furan rings is 1. The van der Waals surface area contributed by atoms with Gasteiger partial charge in [-0.2, -0.15) is 0 Å². The number of hydrogen-bond acceptors (Lipinski definition) is 6. The van der Waals surface area contributed by atoms with Gasteiger partial charge in [0.15, 0.2) is 0 Å². The maximum atomic E-state index is 13.1. The van der Waals surface area contributed by atoms with Crippen LogP contribution in [0.5, 0.6) is 11.5 Å². The minimum atomic E-state index is -0.790. The maximum absolute atomic E-state index is 13.1. The van der Waals surface area contributed by atoms with E-state index in [-0.39, 0.29) is 17.9 Å². The number of aliphatic hydroxyl groups excluding tert-OH is 1. The lowest BCUT2D eigenvalue weighted by molar-refractivity contribution is -0.140. The molecule has 1 N–H and O–H groups in total. The Morgan fingerprint density at radius 2 is 1.70 bits per heavy atom. The maximum Gasteiger partial charge on any atom is 0.296 e. The molecule has 1 fully saturated rings. The Morgan fingerprint density at radius 1 is 0.970 bits per heavy atom. The van der Waals surface area contributed by atoms with Gasteiger partial charge in [-0.25, -0.2) is 0 Å². The summed E-state index contributed by atoms with van der Waals surface area (Å²) in [6.07, 6.45) is 1.51. The Bertz CT molecular complexity index is 1160. The molecule has 1 aliphatic heterocycles. The van der Waals surface area contributed by atoms with Gasteiger partial charge in [-0.05, 0) is 55.8 Å². The molecule has 2 heterocycles. The van der Waals surface area contributed by atoms with Crippen molar-refractivity contribution >= 4 is 17.4 Å². The number of likely N-dealkylation sites (tertiary alicyclic amines) is 1. The third-order valence-electron chi connectivity index (χ3n) is 5.37. The number of carbonyl (C=O) groups is 2. The zero-order valence-electron chi connectivity index (χ0n) is 18.5. The molecule has 0 radical (unpaired) electrons. The van der Waals surface area contributed by atoms with Crippen molar-refractivity contribution in [1.29, 1.82) is 0 Å². The molecule has 1 aliphatic rings. The first kappa shape index (κ1) is 22.2. The predicted octanol–water partition coefficient (Wildman–Crippen LogP) is 4.70. The molecule has 1 atom stereocenters. The second-order valence-corrected chi connectivity index (χ2v) is 7.47. The van der Waals surface area contributed by atoms with Gasteiger partial charge >= 0.3 is 0 Å². The van der Waals surface area contributed by atoms with Gasteiger partial charge in [-0.3, -0.25) is 9.59 Å². The summed E-state index contributed by atoms with van der Waals surface area (Å²) in [7, 11) is 0. The molecule has 0 bridgehead atoms. The van der Waals surface area contributed by atoms with Gasteiger partial charge in [0.25, 0.3) is 11.7 Å². The molecule has 7 heteroatoms. The smallest absolute Gasteiger partial charge is 0.296 e. The monoisotopic (exact) mass is 447 g/mol. The van der Waals surface area contributed by atoms with Crippen molar-refractivity contribution < 1.29 is 28.6 Å². The van der Waals surface area contributed by atoms with E-state index in [0.29, 0.717) is 41.6 Å². The Hall–Kier alpha value is -4.00. The Kier molecular flexibility index (Phi) is 6.49. The summed E-state index contributed by atoms with van der Waals surface area (Å²) in [6.45, 7) is 4.82. The quantitative estimate of drug-likeness (QED) is 0.306. The zero-order valence-corrected chi connectivity index (χ0v) is 18.5. The van der Waals surface area contributed by atoms with Crippen LogP contribution in [0.25, 0.3) is 5.76 Å². The predicted molar refractivity (Wildman–Crippen MR) is 122 cm³/mol. The number of amides is 1. The van der Waals surface area contributed by atoms with Crippen LogP contribution in [0, 0.1) is 0 Å². The van der Waals surface area contributed by atoms with Crippen molar-refractivity contribution in [1.82, 2.24) is 4.90 Å². The highest BCUT2D eigenvalue weighted by Gasteiger charge is 2.46. The summed E-state index contributed by atoms with van der Waals surface area (Å²) in [5, 5.41) is 11.2. The van der Waals surface area contributed by atoms with Gasteiger partial charge in [-0.15, -0.1) is 0 Å². The Balaban J connectivity index is 1.82. The lowest BCUT2D eigenvalue weighted by Gasteiger charge is -2.24. The van der Waals surface area contributed by atoms with Crippen molar-refractivity contribution in [3.8, 4) is 11.5 Å². The topological polar surface area (TPSA) is 89.2 Å². The number of Topliss-reactive ketones (excluding diaryl/α,β-unsaturated/α-hetero) is 1. The molecule has 4 rings (SSSR count). The summed E-state index contributed by atoms with van der Waals surface area (Å²) in [5.74, 6) is 0.0621. The lowest BCUT2D eigenvalue weighted by Crippen LogP contribution is -2.29. The van der Waals surface area contributed by atoms with Crippen LogP contribution in [0.1, 0.15) is 36.8 Å². The van der Waals surface area contributed by atoms with Crippen molar-refractivity contribution in [3.05, 3.63) is 89.4 Å². The molecule has 170 valence electrons. The minimum absolute atomic E-state index is 0.0179. The van der Waals surface area contributed by atoms with E-state index in [9.17, 15) is 14.7 Å². The largest absolute Gasteiger partial charge is 0.507 e. The van der Waals surface area contributed by atoms with Crippen LogP contribution in [0.2, 0.25) is 0 Å². The van der Waals surface area contributed by atoms with Gasteiger partial charge in [0.2, 0.25) is 0 Å². The van der Waals surface area contributed by atoms with Crippen LogP contribution in [0.3, 0.4) is 0 Å². The molecule has 33 heavy (non-hydrogen) atoms. The third-order valence-corrected chi connectivity index (χ3v) is 5.37. The number of ketones is 1. The molecule has 3 aromatic rings. The van der Waals surface area contributed by atoms with Gasteiger partial charge in [0.1, 0.15) is 23.0 Å². The number of nitrogens with zero attached hydrogens (tertiary/aromatic N) is 1. The van der Waals surface area contributed by atoms with Crippen molar-refractivity contribution in [2.45, 2.75) is 26.4 Å². The second kappa shape index (κ2) is 9.65. The summed E-state index contributed by atoms with van der Waals surface area (Å²) in [6, 6.07) is 16.6. The molecule has 7 nitrogen and oxygen atoms in total. The molecule has 1 aromatic heterocycles. The first-order valence-corrected chi connectivity index (χ1v) is 10.8. The molecular weight excluding hydrogens is 422 g/mol. The second-order valence-electron chi connectivity index (χ2n) is 7.47. The number of benzene rings is 2. The molecule has 0 saturated carbocycles. The zero-order chi connectivity index (χ0) is 23.4. The average molecular weight is 447 g/mol. The highest BCUT2D eigenvalue weighted by atomic mass is 16.5. The highest BCUT2D eigenvalue weighted by molar-refractivity contribution is 6.46. The van der Waals surface area contributed by atoms with E-state index in [1.165, 1.54) is 11.2 Å². The molecule has 0 aliphatic carbocycles. The Labute approximate surface area is 191 Å². The molecule has 1 saturated heterocycles. The molecule has 1 unspecified atom stereocenters.